The third kappa shape index (κ3) is 3.96. The standard InChI is InChI=1S/C15H10Cl2F2OS/c1-8(21-14-5-3-10(18)7-13(14)19)15(20)11-4-2-9(16)6-12(11)17/h2-8H,1H3. The summed E-state index contributed by atoms with van der Waals surface area (Å²) >= 11 is 12.8. The highest BCUT2D eigenvalue weighted by molar-refractivity contribution is 8.00. The fraction of sp³-hybridized carbons (Fsp3) is 0.133. The smallest absolute Gasteiger partial charge is 0.177 e. The minimum Gasteiger partial charge on any atom is -0.293 e. The van der Waals surface area contributed by atoms with Crippen LogP contribution in [0.4, 0.5) is 8.78 Å². The van der Waals surface area contributed by atoms with Gasteiger partial charge in [0.15, 0.2) is 5.78 Å². The summed E-state index contributed by atoms with van der Waals surface area (Å²) in [6.07, 6.45) is 0. The second-order valence-corrected chi connectivity index (χ2v) is 6.55. The van der Waals surface area contributed by atoms with Gasteiger partial charge in [-0.15, -0.1) is 11.8 Å². The van der Waals surface area contributed by atoms with E-state index in [9.17, 15) is 13.6 Å². The second kappa shape index (κ2) is 6.77. The van der Waals surface area contributed by atoms with Crippen molar-refractivity contribution in [3.8, 4) is 0 Å². The molecule has 0 aliphatic heterocycles. The van der Waals surface area contributed by atoms with Crippen LogP contribution in [0.15, 0.2) is 41.3 Å². The summed E-state index contributed by atoms with van der Waals surface area (Å²) in [6, 6.07) is 7.82. The van der Waals surface area contributed by atoms with Crippen LogP contribution in [0.2, 0.25) is 10.0 Å². The number of halogens is 4. The van der Waals surface area contributed by atoms with Crippen LogP contribution in [0.1, 0.15) is 17.3 Å². The number of thioether (sulfide) groups is 1. The van der Waals surface area contributed by atoms with Gasteiger partial charge >= 0.3 is 0 Å². The highest BCUT2D eigenvalue weighted by atomic mass is 35.5. The zero-order chi connectivity index (χ0) is 15.6. The highest BCUT2D eigenvalue weighted by Gasteiger charge is 2.20. The van der Waals surface area contributed by atoms with E-state index >= 15 is 0 Å². The molecule has 0 aromatic heterocycles. The van der Waals surface area contributed by atoms with E-state index < -0.39 is 16.9 Å². The maximum atomic E-state index is 13.6. The van der Waals surface area contributed by atoms with Crippen molar-refractivity contribution in [1.29, 1.82) is 0 Å². The van der Waals surface area contributed by atoms with Crippen molar-refractivity contribution in [3.63, 3.8) is 0 Å². The number of hydrogen-bond acceptors (Lipinski definition) is 2. The Labute approximate surface area is 135 Å². The van der Waals surface area contributed by atoms with E-state index in [1.807, 2.05) is 0 Å². The molecule has 0 saturated heterocycles. The number of hydrogen-bond donors (Lipinski definition) is 0. The van der Waals surface area contributed by atoms with Gasteiger partial charge in [0.2, 0.25) is 0 Å². The molecule has 110 valence electrons. The Kier molecular flexibility index (Phi) is 5.25. The summed E-state index contributed by atoms with van der Waals surface area (Å²) in [7, 11) is 0. The van der Waals surface area contributed by atoms with Crippen LogP contribution in [0.3, 0.4) is 0 Å². The van der Waals surface area contributed by atoms with Crippen LogP contribution < -0.4 is 0 Å². The van der Waals surface area contributed by atoms with Gasteiger partial charge in [0.05, 0.1) is 10.3 Å². The largest absolute Gasteiger partial charge is 0.293 e. The zero-order valence-electron chi connectivity index (χ0n) is 10.9. The molecule has 0 fully saturated rings. The molecular formula is C15H10Cl2F2OS. The minimum absolute atomic E-state index is 0.210. The molecule has 21 heavy (non-hydrogen) atoms. The molecule has 0 heterocycles. The topological polar surface area (TPSA) is 17.1 Å². The van der Waals surface area contributed by atoms with Crippen molar-refractivity contribution in [3.05, 3.63) is 63.6 Å². The molecule has 0 N–H and O–H groups in total. The van der Waals surface area contributed by atoms with Crippen molar-refractivity contribution in [2.45, 2.75) is 17.1 Å². The predicted octanol–water partition coefficient (Wildman–Crippen LogP) is 5.64. The molecule has 6 heteroatoms. The third-order valence-electron chi connectivity index (χ3n) is 2.76. The van der Waals surface area contributed by atoms with Crippen molar-refractivity contribution in [1.82, 2.24) is 0 Å². The number of rotatable bonds is 4. The Morgan fingerprint density at radius 1 is 1.14 bits per heavy atom. The molecule has 0 spiro atoms. The molecule has 1 nitrogen and oxygen atoms in total. The van der Waals surface area contributed by atoms with Gasteiger partial charge in [-0.3, -0.25) is 4.79 Å². The molecule has 2 rings (SSSR count). The molecule has 2 aromatic carbocycles. The predicted molar refractivity (Wildman–Crippen MR) is 82.5 cm³/mol. The Morgan fingerprint density at radius 3 is 2.48 bits per heavy atom. The van der Waals surface area contributed by atoms with Gasteiger partial charge in [-0.2, -0.15) is 0 Å². The molecule has 0 bridgehead atoms. The monoisotopic (exact) mass is 346 g/mol. The Hall–Kier alpha value is -1.10. The van der Waals surface area contributed by atoms with E-state index in [1.165, 1.54) is 18.2 Å². The van der Waals surface area contributed by atoms with Gasteiger partial charge < -0.3 is 0 Å². The van der Waals surface area contributed by atoms with E-state index in [-0.39, 0.29) is 15.7 Å². The average molecular weight is 347 g/mol. The van der Waals surface area contributed by atoms with Crippen molar-refractivity contribution < 1.29 is 13.6 Å². The van der Waals surface area contributed by atoms with Gasteiger partial charge in [0, 0.05) is 21.5 Å². The third-order valence-corrected chi connectivity index (χ3v) is 4.46. The minimum atomic E-state index is -0.693. The van der Waals surface area contributed by atoms with Crippen molar-refractivity contribution in [2.24, 2.45) is 0 Å². The Bertz CT molecular complexity index is 691. The Morgan fingerprint density at radius 2 is 1.86 bits per heavy atom. The van der Waals surface area contributed by atoms with Gasteiger partial charge in [0.25, 0.3) is 0 Å². The van der Waals surface area contributed by atoms with Crippen LogP contribution in [0.5, 0.6) is 0 Å². The maximum absolute atomic E-state index is 13.6. The Balaban J connectivity index is 2.19. The molecule has 0 aliphatic carbocycles. The lowest BCUT2D eigenvalue weighted by Gasteiger charge is -2.12. The summed E-state index contributed by atoms with van der Waals surface area (Å²) in [5.41, 5.74) is 0.323. The normalized spacial score (nSPS) is 12.2. The molecule has 0 amide bonds. The van der Waals surface area contributed by atoms with E-state index in [1.54, 1.807) is 13.0 Å². The molecule has 1 atom stereocenters. The van der Waals surface area contributed by atoms with Crippen LogP contribution in [0.25, 0.3) is 0 Å². The van der Waals surface area contributed by atoms with Gasteiger partial charge in [-0.05, 0) is 37.3 Å². The lowest BCUT2D eigenvalue weighted by molar-refractivity contribution is 0.0994. The lowest BCUT2D eigenvalue weighted by Crippen LogP contribution is -2.14. The lowest BCUT2D eigenvalue weighted by atomic mass is 10.1. The first-order valence-electron chi connectivity index (χ1n) is 5.99. The van der Waals surface area contributed by atoms with Gasteiger partial charge in [-0.25, -0.2) is 8.78 Å². The first kappa shape index (κ1) is 16.3. The first-order valence-corrected chi connectivity index (χ1v) is 7.63. The number of ketones is 1. The van der Waals surface area contributed by atoms with Crippen molar-refractivity contribution in [2.75, 3.05) is 0 Å². The van der Waals surface area contributed by atoms with E-state index in [4.69, 9.17) is 23.2 Å². The number of benzene rings is 2. The fourth-order valence-corrected chi connectivity index (χ4v) is 3.16. The average Bonchev–Trinajstić information content (AvgIpc) is 2.41. The SMILES string of the molecule is CC(Sc1ccc(F)cc1F)C(=O)c1ccc(Cl)cc1Cl. The van der Waals surface area contributed by atoms with Gasteiger partial charge in [-0.1, -0.05) is 23.2 Å². The first-order chi connectivity index (χ1) is 9.88. The summed E-state index contributed by atoms with van der Waals surface area (Å²) < 4.78 is 26.4. The second-order valence-electron chi connectivity index (χ2n) is 4.32. The molecule has 0 aliphatic rings. The number of Topliss-reactive ketones (excluding diaryl/α,β-unsaturated/α-hetero) is 1. The summed E-state index contributed by atoms with van der Waals surface area (Å²) in [6.45, 7) is 1.64. The van der Waals surface area contributed by atoms with Crippen LogP contribution >= 0.6 is 35.0 Å². The van der Waals surface area contributed by atoms with Crippen LogP contribution in [-0.4, -0.2) is 11.0 Å². The fourth-order valence-electron chi connectivity index (χ4n) is 1.72. The van der Waals surface area contributed by atoms with Crippen molar-refractivity contribution >= 4 is 40.7 Å². The maximum Gasteiger partial charge on any atom is 0.177 e. The zero-order valence-corrected chi connectivity index (χ0v) is 13.2. The van der Waals surface area contributed by atoms with E-state index in [0.717, 1.165) is 23.9 Å². The van der Waals surface area contributed by atoms with E-state index in [0.29, 0.717) is 10.6 Å². The number of carbonyl (C=O) groups excluding carboxylic acids is 1. The summed E-state index contributed by atoms with van der Waals surface area (Å²) in [4.78, 5) is 12.5. The highest BCUT2D eigenvalue weighted by Crippen LogP contribution is 2.30. The summed E-state index contributed by atoms with van der Waals surface area (Å²) in [5, 5.41) is 0.115. The molecular weight excluding hydrogens is 337 g/mol. The van der Waals surface area contributed by atoms with Crippen LogP contribution in [-0.2, 0) is 0 Å². The summed E-state index contributed by atoms with van der Waals surface area (Å²) in [5.74, 6) is -1.59. The van der Waals surface area contributed by atoms with Crippen LogP contribution in [0, 0.1) is 11.6 Å². The van der Waals surface area contributed by atoms with Gasteiger partial charge in [0.1, 0.15) is 11.6 Å². The molecule has 0 saturated carbocycles. The molecule has 1 unspecified atom stereocenters. The van der Waals surface area contributed by atoms with E-state index in [2.05, 4.69) is 0 Å². The molecule has 0 radical (unpaired) electrons. The quantitative estimate of drug-likeness (QED) is 0.526. The number of carbonyl (C=O) groups is 1. The molecule has 2 aromatic rings.